The zero-order chi connectivity index (χ0) is 13.4. The van der Waals surface area contributed by atoms with Crippen LogP contribution in [0, 0.1) is 11.8 Å². The van der Waals surface area contributed by atoms with E-state index in [-0.39, 0.29) is 17.9 Å². The molecule has 2 atom stereocenters. The highest BCUT2D eigenvalue weighted by atomic mass is 16.5. The maximum Gasteiger partial charge on any atom is 0.222 e. The summed E-state index contributed by atoms with van der Waals surface area (Å²) in [5.74, 6) is 0.883. The van der Waals surface area contributed by atoms with Gasteiger partial charge in [0.15, 0.2) is 0 Å². The Bertz CT molecular complexity index is 238. The number of amides is 1. The molecule has 2 unspecified atom stereocenters. The van der Waals surface area contributed by atoms with E-state index in [1.807, 2.05) is 13.8 Å². The van der Waals surface area contributed by atoms with Gasteiger partial charge in [0.05, 0.1) is 0 Å². The molecular formula is C14H28N2O2. The molecule has 0 aromatic carbocycles. The molecule has 1 amide bonds. The van der Waals surface area contributed by atoms with E-state index < -0.39 is 0 Å². The van der Waals surface area contributed by atoms with Crippen molar-refractivity contribution in [2.24, 2.45) is 17.6 Å². The lowest BCUT2D eigenvalue weighted by Crippen LogP contribution is -2.35. The van der Waals surface area contributed by atoms with E-state index in [2.05, 4.69) is 5.32 Å². The number of ether oxygens (including phenoxy) is 1. The van der Waals surface area contributed by atoms with Gasteiger partial charge in [0.25, 0.3) is 0 Å². The lowest BCUT2D eigenvalue weighted by molar-refractivity contribution is -0.125. The molecule has 0 aromatic heterocycles. The summed E-state index contributed by atoms with van der Waals surface area (Å²) in [6, 6.07) is 0.238. The van der Waals surface area contributed by atoms with Crippen LogP contribution in [0.25, 0.3) is 0 Å². The molecule has 0 aliphatic carbocycles. The van der Waals surface area contributed by atoms with Gasteiger partial charge in [0, 0.05) is 31.7 Å². The van der Waals surface area contributed by atoms with Crippen LogP contribution in [0.5, 0.6) is 0 Å². The predicted molar refractivity (Wildman–Crippen MR) is 73.2 cm³/mol. The summed E-state index contributed by atoms with van der Waals surface area (Å²) in [7, 11) is 0. The molecule has 4 nitrogen and oxygen atoms in total. The average Bonchev–Trinajstić information content (AvgIpc) is 2.36. The molecule has 1 fully saturated rings. The maximum atomic E-state index is 11.9. The van der Waals surface area contributed by atoms with Crippen LogP contribution < -0.4 is 11.1 Å². The van der Waals surface area contributed by atoms with Crippen LogP contribution in [-0.4, -0.2) is 31.7 Å². The zero-order valence-corrected chi connectivity index (χ0v) is 11.8. The first-order valence-electron chi connectivity index (χ1n) is 7.20. The Morgan fingerprint density at radius 3 is 2.61 bits per heavy atom. The normalized spacial score (nSPS) is 20.4. The Labute approximate surface area is 111 Å². The maximum absolute atomic E-state index is 11.9. The topological polar surface area (TPSA) is 64.4 Å². The Hall–Kier alpha value is -0.610. The van der Waals surface area contributed by atoms with E-state index in [1.54, 1.807) is 0 Å². The SMILES string of the molecule is CC(N)CCCC(C)C(=O)NCC1CCOCC1. The molecular weight excluding hydrogens is 228 g/mol. The van der Waals surface area contributed by atoms with E-state index >= 15 is 0 Å². The first kappa shape index (κ1) is 15.4. The average molecular weight is 256 g/mol. The first-order chi connectivity index (χ1) is 8.59. The van der Waals surface area contributed by atoms with Crippen LogP contribution in [0.3, 0.4) is 0 Å². The molecule has 1 aliphatic heterocycles. The zero-order valence-electron chi connectivity index (χ0n) is 11.8. The van der Waals surface area contributed by atoms with Crippen molar-refractivity contribution < 1.29 is 9.53 Å². The molecule has 1 heterocycles. The van der Waals surface area contributed by atoms with Crippen molar-refractivity contribution in [3.8, 4) is 0 Å². The fraction of sp³-hybridized carbons (Fsp3) is 0.929. The molecule has 18 heavy (non-hydrogen) atoms. The molecule has 0 bridgehead atoms. The number of carbonyl (C=O) groups excluding carboxylic acids is 1. The van der Waals surface area contributed by atoms with E-state index in [9.17, 15) is 4.79 Å². The second-order valence-corrected chi connectivity index (χ2v) is 5.61. The Morgan fingerprint density at radius 1 is 1.33 bits per heavy atom. The van der Waals surface area contributed by atoms with Gasteiger partial charge in [-0.2, -0.15) is 0 Å². The van der Waals surface area contributed by atoms with Gasteiger partial charge in [-0.05, 0) is 38.5 Å². The van der Waals surface area contributed by atoms with Gasteiger partial charge in [-0.15, -0.1) is 0 Å². The molecule has 106 valence electrons. The summed E-state index contributed by atoms with van der Waals surface area (Å²) in [6.45, 7) is 6.49. The Morgan fingerprint density at radius 2 is 2.00 bits per heavy atom. The van der Waals surface area contributed by atoms with Crippen molar-refractivity contribution in [1.82, 2.24) is 5.32 Å². The molecule has 0 aromatic rings. The van der Waals surface area contributed by atoms with Gasteiger partial charge < -0.3 is 15.8 Å². The van der Waals surface area contributed by atoms with E-state index in [4.69, 9.17) is 10.5 Å². The summed E-state index contributed by atoms with van der Waals surface area (Å²) < 4.78 is 5.30. The number of carbonyl (C=O) groups is 1. The third kappa shape index (κ3) is 6.36. The number of hydrogen-bond acceptors (Lipinski definition) is 3. The van der Waals surface area contributed by atoms with Crippen LogP contribution in [0.15, 0.2) is 0 Å². The third-order valence-corrected chi connectivity index (χ3v) is 3.65. The summed E-state index contributed by atoms with van der Waals surface area (Å²) in [6.07, 6.45) is 5.10. The van der Waals surface area contributed by atoms with Crippen LogP contribution in [0.1, 0.15) is 46.0 Å². The van der Waals surface area contributed by atoms with Crippen LogP contribution in [0.4, 0.5) is 0 Å². The van der Waals surface area contributed by atoms with Crippen LogP contribution >= 0.6 is 0 Å². The predicted octanol–water partition coefficient (Wildman–Crippen LogP) is 1.68. The molecule has 3 N–H and O–H groups in total. The number of hydrogen-bond donors (Lipinski definition) is 2. The fourth-order valence-electron chi connectivity index (χ4n) is 2.25. The minimum Gasteiger partial charge on any atom is -0.381 e. The van der Waals surface area contributed by atoms with E-state index in [0.29, 0.717) is 5.92 Å². The molecule has 1 aliphatic rings. The summed E-state index contributed by atoms with van der Waals surface area (Å²) in [5.41, 5.74) is 5.70. The second kappa shape index (κ2) is 8.48. The quantitative estimate of drug-likeness (QED) is 0.728. The van der Waals surface area contributed by atoms with Crippen molar-refractivity contribution in [3.63, 3.8) is 0 Å². The largest absolute Gasteiger partial charge is 0.381 e. The summed E-state index contributed by atoms with van der Waals surface area (Å²) >= 11 is 0. The molecule has 0 spiro atoms. The minimum absolute atomic E-state index is 0.101. The lowest BCUT2D eigenvalue weighted by atomic mass is 9.98. The van der Waals surface area contributed by atoms with Gasteiger partial charge >= 0.3 is 0 Å². The summed E-state index contributed by atoms with van der Waals surface area (Å²) in [4.78, 5) is 11.9. The van der Waals surface area contributed by atoms with Crippen molar-refractivity contribution in [1.29, 1.82) is 0 Å². The van der Waals surface area contributed by atoms with Crippen LogP contribution in [0.2, 0.25) is 0 Å². The Balaban J connectivity index is 2.10. The standard InChI is InChI=1S/C14H28N2O2/c1-11(4-3-5-12(2)15)14(17)16-10-13-6-8-18-9-7-13/h11-13H,3-10,15H2,1-2H3,(H,16,17). The molecule has 1 rings (SSSR count). The smallest absolute Gasteiger partial charge is 0.222 e. The molecule has 0 radical (unpaired) electrons. The monoisotopic (exact) mass is 256 g/mol. The molecule has 4 heteroatoms. The van der Waals surface area contributed by atoms with Gasteiger partial charge in [-0.1, -0.05) is 13.3 Å². The van der Waals surface area contributed by atoms with Crippen molar-refractivity contribution in [2.45, 2.75) is 52.0 Å². The van der Waals surface area contributed by atoms with Crippen molar-refractivity contribution in [2.75, 3.05) is 19.8 Å². The number of nitrogens with one attached hydrogen (secondary N) is 1. The fourth-order valence-corrected chi connectivity index (χ4v) is 2.25. The van der Waals surface area contributed by atoms with E-state index in [1.165, 1.54) is 0 Å². The highest BCUT2D eigenvalue weighted by Crippen LogP contribution is 2.14. The number of rotatable bonds is 7. The van der Waals surface area contributed by atoms with Crippen LogP contribution in [-0.2, 0) is 9.53 Å². The third-order valence-electron chi connectivity index (χ3n) is 3.65. The van der Waals surface area contributed by atoms with Gasteiger partial charge in [-0.25, -0.2) is 0 Å². The van der Waals surface area contributed by atoms with E-state index in [0.717, 1.165) is 51.9 Å². The van der Waals surface area contributed by atoms with Gasteiger partial charge in [0.1, 0.15) is 0 Å². The Kier molecular flexibility index (Phi) is 7.28. The number of nitrogens with two attached hydrogens (primary N) is 1. The summed E-state index contributed by atoms with van der Waals surface area (Å²) in [5, 5.41) is 3.06. The van der Waals surface area contributed by atoms with Gasteiger partial charge in [-0.3, -0.25) is 4.79 Å². The molecule has 0 saturated carbocycles. The highest BCUT2D eigenvalue weighted by Gasteiger charge is 2.17. The van der Waals surface area contributed by atoms with Crippen molar-refractivity contribution in [3.05, 3.63) is 0 Å². The lowest BCUT2D eigenvalue weighted by Gasteiger charge is -2.23. The highest BCUT2D eigenvalue weighted by molar-refractivity contribution is 5.78. The first-order valence-corrected chi connectivity index (χ1v) is 7.20. The minimum atomic E-state index is 0.101. The molecule has 1 saturated heterocycles. The van der Waals surface area contributed by atoms with Gasteiger partial charge in [0.2, 0.25) is 5.91 Å². The second-order valence-electron chi connectivity index (χ2n) is 5.61. The van der Waals surface area contributed by atoms with Crippen molar-refractivity contribution >= 4 is 5.91 Å².